The second-order valence-electron chi connectivity index (χ2n) is 3.76. The minimum atomic E-state index is -0.695. The molecule has 1 fully saturated rings. The fourth-order valence-corrected chi connectivity index (χ4v) is 1.71. The van der Waals surface area contributed by atoms with Crippen LogP contribution in [0.4, 0.5) is 5.95 Å². The predicted molar refractivity (Wildman–Crippen MR) is 53.9 cm³/mol. The second-order valence-corrected chi connectivity index (χ2v) is 3.76. The molecule has 9 heteroatoms. The number of carbonyl (C=O) groups excluding carboxylic acids is 1. The maximum atomic E-state index is 11.7. The molecule has 1 saturated heterocycles. The van der Waals surface area contributed by atoms with Crippen molar-refractivity contribution in [1.82, 2.24) is 19.7 Å². The quantitative estimate of drug-likeness (QED) is 0.524. The zero-order chi connectivity index (χ0) is 12.4. The van der Waals surface area contributed by atoms with Gasteiger partial charge in [0.05, 0.1) is 6.10 Å². The molecule has 1 unspecified atom stereocenters. The van der Waals surface area contributed by atoms with Crippen molar-refractivity contribution in [2.75, 3.05) is 13.1 Å². The minimum Gasteiger partial charge on any atom is -0.391 e. The molecule has 0 bridgehead atoms. The molecule has 9 nitrogen and oxygen atoms in total. The van der Waals surface area contributed by atoms with E-state index in [1.807, 2.05) is 0 Å². The van der Waals surface area contributed by atoms with Crippen molar-refractivity contribution < 1.29 is 14.8 Å². The summed E-state index contributed by atoms with van der Waals surface area (Å²) in [6.45, 7) is 0.493. The first-order valence-corrected chi connectivity index (χ1v) is 5.06. The fourth-order valence-electron chi connectivity index (χ4n) is 1.71. The van der Waals surface area contributed by atoms with E-state index in [9.17, 15) is 20.0 Å². The highest BCUT2D eigenvalue weighted by Gasteiger charge is 2.27. The van der Waals surface area contributed by atoms with E-state index in [1.165, 1.54) is 4.90 Å². The summed E-state index contributed by atoms with van der Waals surface area (Å²) < 4.78 is 0.938. The molecule has 1 amide bonds. The van der Waals surface area contributed by atoms with Gasteiger partial charge in [-0.25, -0.2) is 0 Å². The van der Waals surface area contributed by atoms with Crippen LogP contribution >= 0.6 is 0 Å². The highest BCUT2D eigenvalue weighted by Crippen LogP contribution is 2.11. The molecule has 0 aliphatic carbocycles. The van der Waals surface area contributed by atoms with E-state index >= 15 is 0 Å². The van der Waals surface area contributed by atoms with Gasteiger partial charge < -0.3 is 20.1 Å². The highest BCUT2D eigenvalue weighted by molar-refractivity contribution is 5.76. The van der Waals surface area contributed by atoms with Crippen LogP contribution < -0.4 is 0 Å². The lowest BCUT2D eigenvalue weighted by Gasteiger charge is -2.13. The SMILES string of the molecule is O=C(Cn1ncnc1[N+](=O)[O-])N1CCC(O)C1. The number of nitrogens with zero attached hydrogens (tertiary/aromatic N) is 5. The van der Waals surface area contributed by atoms with E-state index < -0.39 is 17.0 Å². The summed E-state index contributed by atoms with van der Waals surface area (Å²) in [6.07, 6.45) is 1.06. The smallest absolute Gasteiger partial charge is 0.391 e. The third kappa shape index (κ3) is 2.38. The van der Waals surface area contributed by atoms with Crippen molar-refractivity contribution in [3.05, 3.63) is 16.4 Å². The first-order valence-electron chi connectivity index (χ1n) is 5.06. The van der Waals surface area contributed by atoms with Gasteiger partial charge in [-0.2, -0.15) is 0 Å². The van der Waals surface area contributed by atoms with E-state index in [1.54, 1.807) is 0 Å². The molecule has 0 aromatic carbocycles. The number of hydrogen-bond donors (Lipinski definition) is 1. The number of hydrogen-bond acceptors (Lipinski definition) is 6. The predicted octanol–water partition coefficient (Wildman–Crippen LogP) is -1.22. The van der Waals surface area contributed by atoms with Gasteiger partial charge in [-0.15, -0.1) is 4.68 Å². The van der Waals surface area contributed by atoms with Gasteiger partial charge in [0.25, 0.3) is 5.91 Å². The zero-order valence-corrected chi connectivity index (χ0v) is 8.89. The summed E-state index contributed by atoms with van der Waals surface area (Å²) >= 11 is 0. The molecule has 0 spiro atoms. The van der Waals surface area contributed by atoms with Crippen LogP contribution in [-0.4, -0.2) is 54.8 Å². The fraction of sp³-hybridized carbons (Fsp3) is 0.625. The molecular formula is C8H11N5O4. The Kier molecular flexibility index (Phi) is 3.00. The average molecular weight is 241 g/mol. The number of likely N-dealkylation sites (tertiary alicyclic amines) is 1. The van der Waals surface area contributed by atoms with E-state index in [2.05, 4.69) is 10.1 Å². The maximum absolute atomic E-state index is 11.7. The first-order chi connectivity index (χ1) is 8.08. The van der Waals surface area contributed by atoms with Crippen molar-refractivity contribution >= 4 is 11.9 Å². The summed E-state index contributed by atoms with van der Waals surface area (Å²) in [7, 11) is 0. The van der Waals surface area contributed by atoms with Gasteiger partial charge >= 0.3 is 5.95 Å². The number of aliphatic hydroxyl groups excluding tert-OH is 1. The van der Waals surface area contributed by atoms with Gasteiger partial charge in [0, 0.05) is 13.1 Å². The summed E-state index contributed by atoms with van der Waals surface area (Å²) in [5.41, 5.74) is 0. The van der Waals surface area contributed by atoms with Gasteiger partial charge in [0.1, 0.15) is 0 Å². The molecule has 1 aromatic heterocycles. The number of aromatic nitrogens is 3. The molecule has 0 saturated carbocycles. The van der Waals surface area contributed by atoms with Gasteiger partial charge in [-0.05, 0) is 11.3 Å². The van der Waals surface area contributed by atoms with Crippen molar-refractivity contribution in [3.63, 3.8) is 0 Å². The lowest BCUT2D eigenvalue weighted by atomic mass is 10.3. The lowest BCUT2D eigenvalue weighted by molar-refractivity contribution is -0.397. The van der Waals surface area contributed by atoms with E-state index in [0.717, 1.165) is 11.0 Å². The monoisotopic (exact) mass is 241 g/mol. The van der Waals surface area contributed by atoms with Gasteiger partial charge in [0.2, 0.25) is 6.33 Å². The molecular weight excluding hydrogens is 230 g/mol. The normalized spacial score (nSPS) is 19.6. The molecule has 1 aromatic rings. The molecule has 1 atom stereocenters. The van der Waals surface area contributed by atoms with Crippen LogP contribution in [0.2, 0.25) is 0 Å². The number of rotatable bonds is 3. The first kappa shape index (κ1) is 11.5. The number of nitro groups is 1. The maximum Gasteiger partial charge on any atom is 0.456 e. The van der Waals surface area contributed by atoms with Crippen LogP contribution in [0.5, 0.6) is 0 Å². The Morgan fingerprint density at radius 3 is 3.06 bits per heavy atom. The standard InChI is InChI=1S/C8H11N5O4/c14-6-1-2-11(3-6)7(15)4-12-8(13(16)17)9-5-10-12/h5-6,14H,1-4H2. The Morgan fingerprint density at radius 1 is 1.71 bits per heavy atom. The Hall–Kier alpha value is -2.03. The molecule has 1 N–H and O–H groups in total. The highest BCUT2D eigenvalue weighted by atomic mass is 16.6. The van der Waals surface area contributed by atoms with E-state index in [-0.39, 0.29) is 19.0 Å². The number of aliphatic hydroxyl groups is 1. The summed E-state index contributed by atoms with van der Waals surface area (Å²) in [5, 5.41) is 23.5. The molecule has 2 rings (SSSR count). The van der Waals surface area contributed by atoms with E-state index in [0.29, 0.717) is 13.0 Å². The number of amides is 1. The van der Waals surface area contributed by atoms with Gasteiger partial charge in [0.15, 0.2) is 6.54 Å². The Balaban J connectivity index is 2.03. The lowest BCUT2D eigenvalue weighted by Crippen LogP contribution is -2.33. The average Bonchev–Trinajstić information content (AvgIpc) is 2.86. The third-order valence-electron chi connectivity index (χ3n) is 2.56. The largest absolute Gasteiger partial charge is 0.456 e. The topological polar surface area (TPSA) is 114 Å². The molecule has 0 radical (unpaired) electrons. The third-order valence-corrected chi connectivity index (χ3v) is 2.56. The van der Waals surface area contributed by atoms with Crippen molar-refractivity contribution in [2.24, 2.45) is 0 Å². The van der Waals surface area contributed by atoms with Crippen molar-refractivity contribution in [3.8, 4) is 0 Å². The van der Waals surface area contributed by atoms with Gasteiger partial charge in [-0.3, -0.25) is 4.79 Å². The molecule has 1 aliphatic heterocycles. The summed E-state index contributed by atoms with van der Waals surface area (Å²) in [6, 6.07) is 0. The zero-order valence-electron chi connectivity index (χ0n) is 8.89. The Bertz CT molecular complexity index is 445. The van der Waals surface area contributed by atoms with Crippen LogP contribution in [0.15, 0.2) is 6.33 Å². The number of carbonyl (C=O) groups is 1. The van der Waals surface area contributed by atoms with Crippen LogP contribution in [0.3, 0.4) is 0 Å². The van der Waals surface area contributed by atoms with Crippen molar-refractivity contribution in [1.29, 1.82) is 0 Å². The molecule has 92 valence electrons. The Morgan fingerprint density at radius 2 is 2.47 bits per heavy atom. The summed E-state index contributed by atoms with van der Waals surface area (Å²) in [5.74, 6) is -0.770. The van der Waals surface area contributed by atoms with Crippen LogP contribution in [0.25, 0.3) is 0 Å². The minimum absolute atomic E-state index is 0.233. The molecule has 2 heterocycles. The van der Waals surface area contributed by atoms with Crippen molar-refractivity contribution in [2.45, 2.75) is 19.1 Å². The van der Waals surface area contributed by atoms with Crippen LogP contribution in [0, 0.1) is 10.1 Å². The van der Waals surface area contributed by atoms with Crippen LogP contribution in [-0.2, 0) is 11.3 Å². The molecule has 17 heavy (non-hydrogen) atoms. The summed E-state index contributed by atoms with van der Waals surface area (Å²) in [4.78, 5) is 26.5. The second kappa shape index (κ2) is 4.45. The van der Waals surface area contributed by atoms with Gasteiger partial charge in [-0.1, -0.05) is 10.1 Å². The number of β-amino-alcohol motifs (C(OH)–C–C–N with tert-alkyl or cyclic N) is 1. The van der Waals surface area contributed by atoms with E-state index in [4.69, 9.17) is 0 Å². The van der Waals surface area contributed by atoms with Crippen LogP contribution in [0.1, 0.15) is 6.42 Å². The Labute approximate surface area is 95.8 Å². The molecule has 1 aliphatic rings.